The molecule has 8 heteroatoms. The van der Waals surface area contributed by atoms with Crippen LogP contribution in [0.25, 0.3) is 11.0 Å². The Kier molecular flexibility index (Phi) is 6.72. The van der Waals surface area contributed by atoms with Gasteiger partial charge in [0.05, 0.1) is 15.9 Å². The molecule has 0 amide bonds. The molecule has 2 heterocycles. The van der Waals surface area contributed by atoms with Crippen molar-refractivity contribution in [1.29, 1.82) is 0 Å². The van der Waals surface area contributed by atoms with Crippen LogP contribution in [-0.2, 0) is 10.1 Å². The van der Waals surface area contributed by atoms with Crippen molar-refractivity contribution in [3.63, 3.8) is 0 Å². The van der Waals surface area contributed by atoms with E-state index >= 15 is 0 Å². The van der Waals surface area contributed by atoms with Gasteiger partial charge in [0.1, 0.15) is 16.3 Å². The van der Waals surface area contributed by atoms with E-state index in [0.29, 0.717) is 0 Å². The van der Waals surface area contributed by atoms with Crippen LogP contribution in [0.2, 0.25) is 0 Å². The predicted octanol–water partition coefficient (Wildman–Crippen LogP) is 3.87. The van der Waals surface area contributed by atoms with Crippen molar-refractivity contribution < 1.29 is 13.0 Å². The quantitative estimate of drug-likeness (QED) is 0.442. The molecule has 0 saturated carbocycles. The van der Waals surface area contributed by atoms with Crippen molar-refractivity contribution >= 4 is 32.8 Å². The highest BCUT2D eigenvalue weighted by molar-refractivity contribution is 7.85. The van der Waals surface area contributed by atoms with E-state index in [2.05, 4.69) is 29.9 Å². The first kappa shape index (κ1) is 22.5. The van der Waals surface area contributed by atoms with Gasteiger partial charge in [-0.1, -0.05) is 42.0 Å². The Morgan fingerprint density at radius 1 is 0.935 bits per heavy atom. The molecule has 0 saturated heterocycles. The van der Waals surface area contributed by atoms with Crippen LogP contribution in [0.15, 0.2) is 78.7 Å². The van der Waals surface area contributed by atoms with Gasteiger partial charge in [-0.2, -0.15) is 0 Å². The lowest BCUT2D eigenvalue weighted by atomic mass is 10.2. The van der Waals surface area contributed by atoms with Crippen LogP contribution in [0.4, 0.5) is 11.6 Å². The summed E-state index contributed by atoms with van der Waals surface area (Å²) in [7, 11) is -4.27. The van der Waals surface area contributed by atoms with E-state index in [0.717, 1.165) is 41.3 Å². The third-order valence-electron chi connectivity index (χ3n) is 4.94. The summed E-state index contributed by atoms with van der Waals surface area (Å²) in [6.07, 6.45) is 4.00. The average molecular weight is 438 g/mol. The summed E-state index contributed by atoms with van der Waals surface area (Å²) in [6, 6.07) is 13.7. The van der Waals surface area contributed by atoms with Crippen molar-refractivity contribution in [3.8, 4) is 0 Å². The molecule has 1 aliphatic heterocycles. The van der Waals surface area contributed by atoms with Gasteiger partial charge < -0.3 is 14.4 Å². The first-order valence-corrected chi connectivity index (χ1v) is 11.2. The summed E-state index contributed by atoms with van der Waals surface area (Å²) in [6.45, 7) is 13.2. The van der Waals surface area contributed by atoms with Gasteiger partial charge in [-0.25, -0.2) is 18.4 Å². The Morgan fingerprint density at radius 2 is 1.39 bits per heavy atom. The summed E-state index contributed by atoms with van der Waals surface area (Å²) in [4.78, 5) is 13.8. The molecule has 7 nitrogen and oxygen atoms in total. The largest absolute Gasteiger partial charge is 0.744 e. The Bertz CT molecular complexity index is 1140. The number of hydrogen-bond acceptors (Lipinski definition) is 7. The van der Waals surface area contributed by atoms with Crippen LogP contribution < -0.4 is 9.80 Å². The zero-order valence-electron chi connectivity index (χ0n) is 17.6. The summed E-state index contributed by atoms with van der Waals surface area (Å²) in [5.41, 5.74) is 2.78. The van der Waals surface area contributed by atoms with Crippen LogP contribution >= 0.6 is 0 Å². The molecule has 1 aromatic heterocycles. The third-order valence-corrected chi connectivity index (χ3v) is 5.79. The van der Waals surface area contributed by atoms with E-state index in [-0.39, 0.29) is 11.1 Å². The number of nitrogens with zero attached hydrogens (tertiary/aromatic N) is 4. The molecule has 0 bridgehead atoms. The monoisotopic (exact) mass is 437 g/mol. The van der Waals surface area contributed by atoms with E-state index in [1.54, 1.807) is 12.1 Å². The molecule has 3 aromatic rings. The van der Waals surface area contributed by atoms with E-state index < -0.39 is 10.1 Å². The van der Waals surface area contributed by atoms with Gasteiger partial charge in [-0.15, -0.1) is 13.2 Å². The van der Waals surface area contributed by atoms with Crippen molar-refractivity contribution in [2.75, 3.05) is 22.9 Å². The van der Waals surface area contributed by atoms with Crippen molar-refractivity contribution in [3.05, 3.63) is 79.4 Å². The summed E-state index contributed by atoms with van der Waals surface area (Å²) >= 11 is 0. The zero-order chi connectivity index (χ0) is 22.6. The van der Waals surface area contributed by atoms with Crippen molar-refractivity contribution in [2.45, 2.75) is 24.9 Å². The Labute approximate surface area is 183 Å². The first-order chi connectivity index (χ1) is 14.8. The topological polar surface area (TPSA) is 89.5 Å². The van der Waals surface area contributed by atoms with Gasteiger partial charge in [0.2, 0.25) is 0 Å². The highest BCUT2D eigenvalue weighted by Gasteiger charge is 2.34. The van der Waals surface area contributed by atoms with Gasteiger partial charge in [-0.3, -0.25) is 0 Å². The van der Waals surface area contributed by atoms with Gasteiger partial charge >= 0.3 is 0 Å². The maximum Gasteiger partial charge on any atom is 0.174 e. The summed E-state index contributed by atoms with van der Waals surface area (Å²) in [5, 5.41) is 0. The lowest BCUT2D eigenvalue weighted by molar-refractivity contribution is 0.463. The third kappa shape index (κ3) is 4.92. The Morgan fingerprint density at radius 3 is 1.77 bits per heavy atom. The first-order valence-electron chi connectivity index (χ1n) is 9.80. The number of aromatic nitrogens is 2. The molecule has 0 N–H and O–H groups in total. The van der Waals surface area contributed by atoms with Crippen molar-refractivity contribution in [1.82, 2.24) is 9.97 Å². The van der Waals surface area contributed by atoms with E-state index in [4.69, 9.17) is 9.97 Å². The normalized spacial score (nSPS) is 13.5. The van der Waals surface area contributed by atoms with Crippen LogP contribution in [0.1, 0.15) is 12.5 Å². The molecule has 0 radical (unpaired) electrons. The number of anilines is 2. The molecule has 0 atom stereocenters. The minimum atomic E-state index is -4.27. The maximum atomic E-state index is 10.4. The maximum absolute atomic E-state index is 10.4. The molecule has 4 rings (SSSR count). The minimum Gasteiger partial charge on any atom is -0.744 e. The molecule has 0 fully saturated rings. The smallest absolute Gasteiger partial charge is 0.174 e. The van der Waals surface area contributed by atoms with Gasteiger partial charge in [0, 0.05) is 13.1 Å². The fourth-order valence-electron chi connectivity index (χ4n) is 3.35. The molecule has 0 spiro atoms. The Balaban J connectivity index is 0.000000210. The molecular formula is C23H25N4O3S-. The molecule has 31 heavy (non-hydrogen) atoms. The molecular weight excluding hydrogens is 412 g/mol. The van der Waals surface area contributed by atoms with E-state index in [9.17, 15) is 13.0 Å². The standard InChI is InChI=1S/C16H18N4.C7H8O3S/c1-4-10-19-12(3)20(11-5-2)16-15(19)17-13-8-6-7-9-14(13)18-16;1-6-2-4-7(5-3-6)11(8,9)10/h4-9,12H,1-2,10-11H2,3H3;2-5H,1H3,(H,8,9,10)/p-1. The second-order valence-electron chi connectivity index (χ2n) is 7.14. The fourth-order valence-corrected chi connectivity index (χ4v) is 3.82. The molecule has 2 aromatic carbocycles. The fraction of sp³-hybridized carbons (Fsp3) is 0.217. The number of fused-ring (bicyclic) bond motifs is 2. The molecule has 1 aliphatic rings. The summed E-state index contributed by atoms with van der Waals surface area (Å²) in [5.74, 6) is 1.86. The van der Waals surface area contributed by atoms with Crippen LogP contribution in [0.3, 0.4) is 0 Å². The average Bonchev–Trinajstić information content (AvgIpc) is 2.98. The highest BCUT2D eigenvalue weighted by atomic mass is 32.2. The van der Waals surface area contributed by atoms with E-state index in [1.165, 1.54) is 12.1 Å². The minimum absolute atomic E-state index is 0.178. The molecule has 0 unspecified atom stereocenters. The lowest BCUT2D eigenvalue weighted by Crippen LogP contribution is -2.41. The number of aryl methyl sites for hydroxylation is 1. The highest BCUT2D eigenvalue weighted by Crippen LogP contribution is 2.37. The second kappa shape index (κ2) is 9.28. The van der Waals surface area contributed by atoms with Gasteiger partial charge in [-0.05, 0) is 38.1 Å². The second-order valence-corrected chi connectivity index (χ2v) is 8.52. The molecule has 0 aliphatic carbocycles. The zero-order valence-corrected chi connectivity index (χ0v) is 18.4. The number of benzene rings is 2. The predicted molar refractivity (Wildman–Crippen MR) is 123 cm³/mol. The van der Waals surface area contributed by atoms with Crippen molar-refractivity contribution in [2.24, 2.45) is 0 Å². The number of hydrogen-bond donors (Lipinski definition) is 0. The molecule has 162 valence electrons. The van der Waals surface area contributed by atoms with Gasteiger partial charge in [0.15, 0.2) is 11.6 Å². The Hall–Kier alpha value is -3.23. The van der Waals surface area contributed by atoms with Crippen LogP contribution in [0, 0.1) is 6.92 Å². The van der Waals surface area contributed by atoms with Crippen LogP contribution in [-0.4, -0.2) is 42.2 Å². The summed E-state index contributed by atoms with van der Waals surface area (Å²) < 4.78 is 31.2. The van der Waals surface area contributed by atoms with Gasteiger partial charge in [0.25, 0.3) is 0 Å². The van der Waals surface area contributed by atoms with E-state index in [1.807, 2.05) is 43.3 Å². The lowest BCUT2D eigenvalue weighted by Gasteiger charge is -2.27. The van der Waals surface area contributed by atoms with Crippen LogP contribution in [0.5, 0.6) is 0 Å². The number of para-hydroxylation sites is 2. The SMILES string of the molecule is C=CCN1c2nc3ccccc3nc2N(CC=C)C1C.Cc1ccc(S(=O)(=O)[O-])cc1. The number of rotatable bonds is 5.